The summed E-state index contributed by atoms with van der Waals surface area (Å²) in [5.74, 6) is 2.51. The van der Waals surface area contributed by atoms with Crippen LogP contribution in [0.3, 0.4) is 0 Å². The Bertz CT molecular complexity index is 1560. The highest BCUT2D eigenvalue weighted by molar-refractivity contribution is 5.83. The van der Waals surface area contributed by atoms with Crippen LogP contribution >= 0.6 is 0 Å². The van der Waals surface area contributed by atoms with Gasteiger partial charge in [-0.15, -0.1) is 0 Å². The third-order valence-corrected chi connectivity index (χ3v) is 17.6. The summed E-state index contributed by atoms with van der Waals surface area (Å²) in [6.07, 6.45) is 15.7. The number of ether oxygens (including phenoxy) is 4. The minimum absolute atomic E-state index is 0.0828. The number of hydrogen-bond acceptors (Lipinski definition) is 8. The second-order valence-electron chi connectivity index (χ2n) is 23.1. The standard InChI is InChI=1S/C46H68O8/c1-26-29-10-11-30(15-29)34(26)22-43(5,40(50)53-45(7)12-8-9-13-45)25-44(6,39(49)52-35-31-16-32-33(17-31)37(47)51-36(32)35)23-41(2,3)38(48)54-46-20-27-14-28(21-46)19-42(4,18-27)24-46/h26-36H,8-25H2,1-7H3. The predicted octanol–water partition coefficient (Wildman–Crippen LogP) is 9.15. The van der Waals surface area contributed by atoms with E-state index in [-0.39, 0.29) is 53.9 Å². The molecule has 0 aromatic carbocycles. The first-order valence-corrected chi connectivity index (χ1v) is 22.2. The topological polar surface area (TPSA) is 105 Å². The summed E-state index contributed by atoms with van der Waals surface area (Å²) >= 11 is 0. The van der Waals surface area contributed by atoms with E-state index in [1.54, 1.807) is 0 Å². The molecule has 9 aliphatic carbocycles. The molecule has 1 saturated heterocycles. The highest BCUT2D eigenvalue weighted by atomic mass is 16.6. The average Bonchev–Trinajstić information content (AvgIpc) is 3.91. The molecule has 13 unspecified atom stereocenters. The largest absolute Gasteiger partial charge is 0.459 e. The number of carbonyl (C=O) groups is 4. The van der Waals surface area contributed by atoms with Crippen molar-refractivity contribution in [2.24, 2.45) is 74.9 Å². The van der Waals surface area contributed by atoms with Crippen molar-refractivity contribution in [3.05, 3.63) is 0 Å². The van der Waals surface area contributed by atoms with Crippen molar-refractivity contribution in [2.75, 3.05) is 0 Å². The summed E-state index contributed by atoms with van der Waals surface area (Å²) in [6.45, 7) is 14.6. The Morgan fingerprint density at radius 3 is 2.11 bits per heavy atom. The lowest BCUT2D eigenvalue weighted by atomic mass is 9.48. The third kappa shape index (κ3) is 6.18. The fraction of sp³-hybridized carbons (Fsp3) is 0.913. The molecule has 0 spiro atoms. The molecule has 9 saturated carbocycles. The minimum Gasteiger partial charge on any atom is -0.459 e. The number of hydrogen-bond donors (Lipinski definition) is 0. The van der Waals surface area contributed by atoms with E-state index in [9.17, 15) is 14.4 Å². The molecule has 10 fully saturated rings. The maximum Gasteiger partial charge on any atom is 0.312 e. The normalized spacial score (nSPS) is 45.6. The van der Waals surface area contributed by atoms with Crippen molar-refractivity contribution in [1.82, 2.24) is 0 Å². The van der Waals surface area contributed by atoms with Crippen molar-refractivity contribution < 1.29 is 38.1 Å². The highest BCUT2D eigenvalue weighted by Crippen LogP contribution is 2.64. The lowest BCUT2D eigenvalue weighted by Crippen LogP contribution is -2.57. The zero-order valence-corrected chi connectivity index (χ0v) is 34.3. The van der Waals surface area contributed by atoms with Crippen LogP contribution in [-0.4, -0.2) is 47.3 Å². The molecule has 8 bridgehead atoms. The second kappa shape index (κ2) is 12.4. The predicted molar refractivity (Wildman–Crippen MR) is 201 cm³/mol. The van der Waals surface area contributed by atoms with E-state index in [1.165, 1.54) is 38.5 Å². The van der Waals surface area contributed by atoms with E-state index in [1.807, 2.05) is 27.7 Å². The van der Waals surface area contributed by atoms with E-state index in [2.05, 4.69) is 20.8 Å². The SMILES string of the molecule is CC1C2CCC(C2)C1CC(C)(CC(C)(CC(C)(C)C(=O)OC12CC3CC(CC(C)(C3)C1)C2)C(=O)OC1C2CC3C(=O)OC1C3C2)C(=O)OC1(C)CCCC1. The summed E-state index contributed by atoms with van der Waals surface area (Å²) < 4.78 is 25.7. The molecule has 0 N–H and O–H groups in total. The monoisotopic (exact) mass is 748 g/mol. The summed E-state index contributed by atoms with van der Waals surface area (Å²) in [5, 5.41) is 0. The molecule has 0 amide bonds. The van der Waals surface area contributed by atoms with Gasteiger partial charge in [0.2, 0.25) is 0 Å². The van der Waals surface area contributed by atoms with Crippen molar-refractivity contribution in [1.29, 1.82) is 0 Å². The van der Waals surface area contributed by atoms with Crippen molar-refractivity contribution in [3.8, 4) is 0 Å². The van der Waals surface area contributed by atoms with Gasteiger partial charge < -0.3 is 18.9 Å². The van der Waals surface area contributed by atoms with Gasteiger partial charge in [0.05, 0.1) is 22.2 Å². The molecule has 1 aliphatic heterocycles. The summed E-state index contributed by atoms with van der Waals surface area (Å²) in [5.41, 5.74) is -3.88. The van der Waals surface area contributed by atoms with E-state index < -0.39 is 45.6 Å². The van der Waals surface area contributed by atoms with Gasteiger partial charge in [-0.05, 0) is 191 Å². The van der Waals surface area contributed by atoms with Crippen LogP contribution < -0.4 is 0 Å². The second-order valence-corrected chi connectivity index (χ2v) is 23.1. The first-order valence-electron chi connectivity index (χ1n) is 22.2. The quantitative estimate of drug-likeness (QED) is 0.144. The van der Waals surface area contributed by atoms with E-state index in [4.69, 9.17) is 18.9 Å². The highest BCUT2D eigenvalue weighted by Gasteiger charge is 2.65. The average molecular weight is 749 g/mol. The van der Waals surface area contributed by atoms with Crippen LogP contribution in [0.15, 0.2) is 0 Å². The molecule has 10 aliphatic rings. The van der Waals surface area contributed by atoms with Gasteiger partial charge >= 0.3 is 23.9 Å². The van der Waals surface area contributed by atoms with Crippen LogP contribution in [0, 0.1) is 74.9 Å². The maximum absolute atomic E-state index is 15.1. The minimum atomic E-state index is -1.20. The van der Waals surface area contributed by atoms with Crippen molar-refractivity contribution in [3.63, 3.8) is 0 Å². The van der Waals surface area contributed by atoms with Gasteiger partial charge in [-0.3, -0.25) is 19.2 Å². The van der Waals surface area contributed by atoms with Crippen LogP contribution in [0.2, 0.25) is 0 Å². The molecule has 8 nitrogen and oxygen atoms in total. The number of fused-ring (bicyclic) bond motifs is 3. The Morgan fingerprint density at radius 2 is 1.46 bits per heavy atom. The van der Waals surface area contributed by atoms with E-state index in [0.29, 0.717) is 48.3 Å². The lowest BCUT2D eigenvalue weighted by Gasteiger charge is -2.60. The Kier molecular flexibility index (Phi) is 8.63. The Hall–Kier alpha value is -2.12. The van der Waals surface area contributed by atoms with Crippen molar-refractivity contribution >= 4 is 23.9 Å². The smallest absolute Gasteiger partial charge is 0.312 e. The first-order chi connectivity index (χ1) is 25.3. The van der Waals surface area contributed by atoms with Gasteiger partial charge in [0.1, 0.15) is 23.4 Å². The van der Waals surface area contributed by atoms with Gasteiger partial charge in [-0.2, -0.15) is 0 Å². The molecule has 0 aromatic rings. The molecule has 13 atom stereocenters. The fourth-order valence-electron chi connectivity index (χ4n) is 15.9. The van der Waals surface area contributed by atoms with Gasteiger partial charge in [0, 0.05) is 11.8 Å². The van der Waals surface area contributed by atoms with Crippen LogP contribution in [0.4, 0.5) is 0 Å². The number of rotatable bonds is 12. The van der Waals surface area contributed by atoms with Gasteiger partial charge in [-0.1, -0.05) is 13.8 Å². The van der Waals surface area contributed by atoms with Crippen LogP contribution in [0.25, 0.3) is 0 Å². The number of esters is 4. The first kappa shape index (κ1) is 37.5. The number of carbonyl (C=O) groups excluding carboxylic acids is 4. The van der Waals surface area contributed by atoms with E-state index >= 15 is 4.79 Å². The molecule has 8 heteroatoms. The molecule has 54 heavy (non-hydrogen) atoms. The molecular formula is C46H68O8. The zero-order valence-electron chi connectivity index (χ0n) is 34.3. The molecule has 300 valence electrons. The van der Waals surface area contributed by atoms with Gasteiger partial charge in [-0.25, -0.2) is 0 Å². The maximum atomic E-state index is 15.1. The van der Waals surface area contributed by atoms with E-state index in [0.717, 1.165) is 51.4 Å². The van der Waals surface area contributed by atoms with Crippen LogP contribution in [-0.2, 0) is 38.1 Å². The summed E-state index contributed by atoms with van der Waals surface area (Å²) in [4.78, 5) is 57.2. The molecule has 0 radical (unpaired) electrons. The third-order valence-electron chi connectivity index (χ3n) is 17.6. The lowest BCUT2D eigenvalue weighted by molar-refractivity contribution is -0.209. The fourth-order valence-corrected chi connectivity index (χ4v) is 15.9. The Balaban J connectivity index is 1.02. The molecule has 1 heterocycles. The van der Waals surface area contributed by atoms with Crippen molar-refractivity contribution in [2.45, 2.75) is 187 Å². The molecule has 10 rings (SSSR count). The zero-order chi connectivity index (χ0) is 38.2. The van der Waals surface area contributed by atoms with Crippen LogP contribution in [0.5, 0.6) is 0 Å². The summed E-state index contributed by atoms with van der Waals surface area (Å²) in [6, 6.07) is 0. The molecule has 0 aromatic heterocycles. The Morgan fingerprint density at radius 1 is 0.778 bits per heavy atom. The van der Waals surface area contributed by atoms with Gasteiger partial charge in [0.15, 0.2) is 0 Å². The van der Waals surface area contributed by atoms with Gasteiger partial charge in [0.25, 0.3) is 0 Å². The molecular weight excluding hydrogens is 680 g/mol. The summed E-state index contributed by atoms with van der Waals surface area (Å²) in [7, 11) is 0. The van der Waals surface area contributed by atoms with Crippen LogP contribution in [0.1, 0.15) is 164 Å². The Labute approximate surface area is 323 Å².